The van der Waals surface area contributed by atoms with Crippen LogP contribution < -0.4 is 5.32 Å². The van der Waals surface area contributed by atoms with Gasteiger partial charge in [0.05, 0.1) is 17.5 Å². The van der Waals surface area contributed by atoms with Crippen LogP contribution in [0.4, 0.5) is 10.6 Å². The first kappa shape index (κ1) is 18.5. The molecule has 1 fully saturated rings. The highest BCUT2D eigenvalue weighted by atomic mass is 16.3. The first-order chi connectivity index (χ1) is 12.2. The first-order valence-corrected chi connectivity index (χ1v) is 9.15. The number of hydrogen-bond acceptors (Lipinski definition) is 3. The normalized spacial score (nSPS) is 18.0. The molecule has 2 amide bonds. The number of hydrogen-bond donors (Lipinski definition) is 2. The van der Waals surface area contributed by atoms with E-state index in [-0.39, 0.29) is 11.4 Å². The molecule has 0 bridgehead atoms. The molecule has 6 heteroatoms. The first-order valence-electron chi connectivity index (χ1n) is 9.15. The summed E-state index contributed by atoms with van der Waals surface area (Å²) in [5.74, 6) is 0.642. The van der Waals surface area contributed by atoms with Gasteiger partial charge in [-0.25, -0.2) is 9.48 Å². The van der Waals surface area contributed by atoms with Crippen LogP contribution in [-0.4, -0.2) is 45.0 Å². The van der Waals surface area contributed by atoms with Crippen LogP contribution in [0.3, 0.4) is 0 Å². The number of piperidine rings is 1. The van der Waals surface area contributed by atoms with E-state index in [9.17, 15) is 9.90 Å². The lowest BCUT2D eigenvalue weighted by atomic mass is 9.92. The Morgan fingerprint density at radius 3 is 2.58 bits per heavy atom. The number of benzene rings is 1. The average Bonchev–Trinajstić information content (AvgIpc) is 2.99. The number of rotatable bonds is 2. The van der Waals surface area contributed by atoms with Crippen molar-refractivity contribution in [3.05, 3.63) is 41.6 Å². The van der Waals surface area contributed by atoms with Crippen molar-refractivity contribution in [3.63, 3.8) is 0 Å². The smallest absolute Gasteiger partial charge is 0.323 e. The van der Waals surface area contributed by atoms with Gasteiger partial charge >= 0.3 is 6.03 Å². The molecule has 0 radical (unpaired) electrons. The highest BCUT2D eigenvalue weighted by molar-refractivity contribution is 5.89. The number of aliphatic hydroxyl groups is 1. The van der Waals surface area contributed by atoms with Crippen LogP contribution in [0.15, 0.2) is 30.3 Å². The van der Waals surface area contributed by atoms with Crippen molar-refractivity contribution in [2.45, 2.75) is 52.1 Å². The van der Waals surface area contributed by atoms with E-state index in [1.165, 1.54) is 5.56 Å². The topological polar surface area (TPSA) is 70.4 Å². The van der Waals surface area contributed by atoms with E-state index in [0.717, 1.165) is 24.2 Å². The quantitative estimate of drug-likeness (QED) is 0.866. The van der Waals surface area contributed by atoms with Crippen LogP contribution in [0.5, 0.6) is 0 Å². The van der Waals surface area contributed by atoms with Gasteiger partial charge in [0.1, 0.15) is 5.82 Å². The van der Waals surface area contributed by atoms with Gasteiger partial charge in [-0.1, -0.05) is 38.5 Å². The minimum atomic E-state index is -0.443. The van der Waals surface area contributed by atoms with Crippen LogP contribution in [0.25, 0.3) is 5.69 Å². The summed E-state index contributed by atoms with van der Waals surface area (Å²) in [6, 6.07) is 9.78. The average molecular weight is 356 g/mol. The van der Waals surface area contributed by atoms with Crippen molar-refractivity contribution < 1.29 is 9.90 Å². The summed E-state index contributed by atoms with van der Waals surface area (Å²) in [7, 11) is 0. The van der Waals surface area contributed by atoms with Crippen molar-refractivity contribution >= 4 is 11.8 Å². The van der Waals surface area contributed by atoms with Crippen LogP contribution in [-0.2, 0) is 5.41 Å². The van der Waals surface area contributed by atoms with E-state index in [0.29, 0.717) is 18.9 Å². The highest BCUT2D eigenvalue weighted by Crippen LogP contribution is 2.27. The second-order valence-electron chi connectivity index (χ2n) is 8.08. The maximum absolute atomic E-state index is 12.7. The number of nitrogens with zero attached hydrogens (tertiary/aromatic N) is 3. The van der Waals surface area contributed by atoms with Crippen molar-refractivity contribution in [1.82, 2.24) is 14.7 Å². The predicted octanol–water partition coefficient (Wildman–Crippen LogP) is 3.47. The Hall–Kier alpha value is -2.34. The van der Waals surface area contributed by atoms with E-state index in [2.05, 4.69) is 26.1 Å². The molecule has 140 valence electrons. The fraction of sp³-hybridized carbons (Fsp3) is 0.500. The number of aryl methyl sites for hydroxylation is 1. The van der Waals surface area contributed by atoms with Crippen molar-refractivity contribution in [2.24, 2.45) is 0 Å². The molecule has 26 heavy (non-hydrogen) atoms. The molecule has 2 aromatic rings. The monoisotopic (exact) mass is 356 g/mol. The van der Waals surface area contributed by atoms with Gasteiger partial charge in [-0.15, -0.1) is 0 Å². The van der Waals surface area contributed by atoms with E-state index in [1.54, 1.807) is 9.58 Å². The lowest BCUT2D eigenvalue weighted by Gasteiger charge is -2.30. The highest BCUT2D eigenvalue weighted by Gasteiger charge is 2.25. The third-order valence-electron chi connectivity index (χ3n) is 4.68. The fourth-order valence-electron chi connectivity index (χ4n) is 3.05. The zero-order valence-electron chi connectivity index (χ0n) is 16.0. The summed E-state index contributed by atoms with van der Waals surface area (Å²) in [6.45, 7) is 9.37. The number of carbonyl (C=O) groups is 1. The van der Waals surface area contributed by atoms with Crippen LogP contribution >= 0.6 is 0 Å². The molecule has 6 nitrogen and oxygen atoms in total. The Labute approximate surface area is 154 Å². The van der Waals surface area contributed by atoms with Crippen molar-refractivity contribution in [2.75, 3.05) is 18.4 Å². The summed E-state index contributed by atoms with van der Waals surface area (Å²) in [5, 5.41) is 17.5. The van der Waals surface area contributed by atoms with Crippen LogP contribution in [0.2, 0.25) is 0 Å². The molecule has 1 saturated heterocycles. The van der Waals surface area contributed by atoms with Crippen molar-refractivity contribution in [3.8, 4) is 5.69 Å². The molecule has 1 unspecified atom stereocenters. The predicted molar refractivity (Wildman–Crippen MR) is 103 cm³/mol. The number of carbonyl (C=O) groups excluding carboxylic acids is 1. The van der Waals surface area contributed by atoms with Gasteiger partial charge in [0.25, 0.3) is 0 Å². The zero-order valence-corrected chi connectivity index (χ0v) is 16.0. The number of urea groups is 1. The molecule has 0 saturated carbocycles. The zero-order chi connectivity index (χ0) is 18.9. The molecule has 2 heterocycles. The minimum Gasteiger partial charge on any atom is -0.391 e. The number of aliphatic hydroxyl groups excluding tert-OH is 1. The molecule has 1 atom stereocenters. The molecule has 0 spiro atoms. The number of nitrogens with one attached hydrogen (secondary N) is 1. The summed E-state index contributed by atoms with van der Waals surface area (Å²) < 4.78 is 1.78. The number of amides is 2. The Morgan fingerprint density at radius 2 is 1.96 bits per heavy atom. The van der Waals surface area contributed by atoms with Crippen LogP contribution in [0.1, 0.15) is 44.9 Å². The maximum atomic E-state index is 12.7. The molecular weight excluding hydrogens is 328 g/mol. The number of aromatic nitrogens is 2. The molecule has 1 aliphatic rings. The molecule has 1 aromatic heterocycles. The second-order valence-corrected chi connectivity index (χ2v) is 8.08. The summed E-state index contributed by atoms with van der Waals surface area (Å²) in [4.78, 5) is 14.3. The second kappa shape index (κ2) is 7.11. The standard InChI is InChI=1S/C20H28N4O2/c1-14-7-9-15(10-8-14)24-18(12-17(22-24)20(2,3)4)21-19(26)23-11-5-6-16(25)13-23/h7-10,12,16,25H,5-6,11,13H2,1-4H3,(H,21,26). The number of anilines is 1. The SMILES string of the molecule is Cc1ccc(-n2nc(C(C)(C)C)cc2NC(=O)N2CCCC(O)C2)cc1. The van der Waals surface area contributed by atoms with Crippen molar-refractivity contribution in [1.29, 1.82) is 0 Å². The molecule has 1 aliphatic heterocycles. The lowest BCUT2D eigenvalue weighted by molar-refractivity contribution is 0.0883. The molecule has 2 N–H and O–H groups in total. The third kappa shape index (κ3) is 4.07. The molecule has 3 rings (SSSR count). The molecular formula is C20H28N4O2. The summed E-state index contributed by atoms with van der Waals surface area (Å²) in [5.41, 5.74) is 2.86. The van der Waals surface area contributed by atoms with E-state index >= 15 is 0 Å². The van der Waals surface area contributed by atoms with Gasteiger partial charge in [0, 0.05) is 24.6 Å². The van der Waals surface area contributed by atoms with Gasteiger partial charge in [0.15, 0.2) is 0 Å². The van der Waals surface area contributed by atoms with E-state index in [1.807, 2.05) is 37.3 Å². The number of β-amino-alcohol motifs (C(OH)–C–C–N with tert-alkyl or cyclic N) is 1. The lowest BCUT2D eigenvalue weighted by Crippen LogP contribution is -2.44. The fourth-order valence-corrected chi connectivity index (χ4v) is 3.05. The van der Waals surface area contributed by atoms with Gasteiger partial charge in [-0.3, -0.25) is 5.32 Å². The van der Waals surface area contributed by atoms with Gasteiger partial charge in [-0.05, 0) is 31.9 Å². The number of likely N-dealkylation sites (tertiary alicyclic amines) is 1. The Balaban J connectivity index is 1.90. The summed E-state index contributed by atoms with van der Waals surface area (Å²) >= 11 is 0. The van der Waals surface area contributed by atoms with Gasteiger partial charge in [0.2, 0.25) is 0 Å². The van der Waals surface area contributed by atoms with Gasteiger partial charge in [-0.2, -0.15) is 5.10 Å². The molecule has 1 aromatic carbocycles. The van der Waals surface area contributed by atoms with E-state index < -0.39 is 6.10 Å². The maximum Gasteiger partial charge on any atom is 0.323 e. The summed E-state index contributed by atoms with van der Waals surface area (Å²) in [6.07, 6.45) is 1.12. The van der Waals surface area contributed by atoms with Gasteiger partial charge < -0.3 is 10.0 Å². The third-order valence-corrected chi connectivity index (χ3v) is 4.68. The van der Waals surface area contributed by atoms with E-state index in [4.69, 9.17) is 5.10 Å². The minimum absolute atomic E-state index is 0.128. The molecule has 0 aliphatic carbocycles. The largest absolute Gasteiger partial charge is 0.391 e. The Morgan fingerprint density at radius 1 is 1.27 bits per heavy atom. The Bertz CT molecular complexity index is 774. The van der Waals surface area contributed by atoms with Crippen LogP contribution in [0, 0.1) is 6.92 Å². The Kier molecular flexibility index (Phi) is 5.05.